The molecule has 0 amide bonds. The van der Waals surface area contributed by atoms with Gasteiger partial charge in [0.2, 0.25) is 5.82 Å². The van der Waals surface area contributed by atoms with Crippen LogP contribution in [0, 0.1) is 0 Å². The van der Waals surface area contributed by atoms with Crippen molar-refractivity contribution in [1.82, 2.24) is 20.0 Å². The normalized spacial score (nSPS) is 17.6. The van der Waals surface area contributed by atoms with E-state index in [-0.39, 0.29) is 6.61 Å². The Balaban J connectivity index is 1.39. The summed E-state index contributed by atoms with van der Waals surface area (Å²) in [6, 6.07) is 14.2. The molecular formula is C21H25N5O2. The number of hydrogen-bond donors (Lipinski definition) is 0. The summed E-state index contributed by atoms with van der Waals surface area (Å²) >= 11 is 0. The molecule has 4 rings (SSSR count). The number of benzene rings is 1. The average Bonchev–Trinajstić information content (AvgIpc) is 3.23. The minimum Gasteiger partial charge on any atom is -0.485 e. The zero-order valence-electron chi connectivity index (χ0n) is 16.3. The van der Waals surface area contributed by atoms with Gasteiger partial charge in [-0.25, -0.2) is 4.98 Å². The van der Waals surface area contributed by atoms with Crippen LogP contribution in [0.2, 0.25) is 0 Å². The van der Waals surface area contributed by atoms with E-state index in [0.29, 0.717) is 17.8 Å². The molecule has 1 saturated heterocycles. The molecule has 0 spiro atoms. The SMILES string of the molecule is CC[C@H]1CN(c2ccc(-c3nc(COc4ccccc4)no3)cn2)CCN1C. The Morgan fingerprint density at radius 3 is 2.75 bits per heavy atom. The van der Waals surface area contributed by atoms with Gasteiger partial charge >= 0.3 is 0 Å². The second kappa shape index (κ2) is 8.39. The molecule has 1 fully saturated rings. The average molecular weight is 379 g/mol. The predicted octanol–water partition coefficient (Wildman–Crippen LogP) is 3.24. The molecule has 2 aromatic heterocycles. The lowest BCUT2D eigenvalue weighted by atomic mass is 10.1. The first-order valence-corrected chi connectivity index (χ1v) is 9.65. The van der Waals surface area contributed by atoms with E-state index in [0.717, 1.165) is 43.2 Å². The molecule has 0 N–H and O–H groups in total. The minimum atomic E-state index is 0.263. The number of aromatic nitrogens is 3. The van der Waals surface area contributed by atoms with Crippen molar-refractivity contribution in [2.45, 2.75) is 26.0 Å². The number of likely N-dealkylation sites (N-methyl/N-ethyl adjacent to an activating group) is 1. The van der Waals surface area contributed by atoms with Crippen LogP contribution in [0.3, 0.4) is 0 Å². The third-order valence-electron chi connectivity index (χ3n) is 5.15. The van der Waals surface area contributed by atoms with Crippen LogP contribution in [0.1, 0.15) is 19.2 Å². The quantitative estimate of drug-likeness (QED) is 0.651. The second-order valence-electron chi connectivity index (χ2n) is 7.01. The van der Waals surface area contributed by atoms with E-state index in [1.165, 1.54) is 0 Å². The van der Waals surface area contributed by atoms with Gasteiger partial charge in [-0.2, -0.15) is 4.98 Å². The largest absolute Gasteiger partial charge is 0.485 e. The van der Waals surface area contributed by atoms with Gasteiger partial charge in [-0.15, -0.1) is 0 Å². The summed E-state index contributed by atoms with van der Waals surface area (Å²) < 4.78 is 11.0. The van der Waals surface area contributed by atoms with Crippen molar-refractivity contribution in [3.63, 3.8) is 0 Å². The zero-order chi connectivity index (χ0) is 19.3. The summed E-state index contributed by atoms with van der Waals surface area (Å²) in [6.45, 7) is 5.53. The van der Waals surface area contributed by atoms with Crippen molar-refractivity contribution < 1.29 is 9.26 Å². The van der Waals surface area contributed by atoms with E-state index in [4.69, 9.17) is 9.26 Å². The number of rotatable bonds is 6. The van der Waals surface area contributed by atoms with E-state index in [9.17, 15) is 0 Å². The lowest BCUT2D eigenvalue weighted by Gasteiger charge is -2.39. The third kappa shape index (κ3) is 4.14. The standard InChI is InChI=1S/C21H25N5O2/c1-3-17-14-26(12-11-25(17)2)20-10-9-16(13-22-20)21-23-19(24-28-21)15-27-18-7-5-4-6-8-18/h4-10,13,17H,3,11-12,14-15H2,1-2H3/t17-/m0/s1. The molecule has 1 aliphatic rings. The molecule has 28 heavy (non-hydrogen) atoms. The second-order valence-corrected chi connectivity index (χ2v) is 7.01. The van der Waals surface area contributed by atoms with Gasteiger partial charge in [-0.05, 0) is 37.7 Å². The summed E-state index contributed by atoms with van der Waals surface area (Å²) in [5, 5.41) is 3.99. The molecule has 3 aromatic rings. The van der Waals surface area contributed by atoms with Gasteiger partial charge in [0.1, 0.15) is 11.6 Å². The molecule has 1 aromatic carbocycles. The molecule has 0 saturated carbocycles. The number of para-hydroxylation sites is 1. The van der Waals surface area contributed by atoms with E-state index in [1.807, 2.05) is 42.5 Å². The van der Waals surface area contributed by atoms with Gasteiger partial charge in [-0.1, -0.05) is 30.3 Å². The van der Waals surface area contributed by atoms with Gasteiger partial charge in [0.05, 0.1) is 5.56 Å². The van der Waals surface area contributed by atoms with Gasteiger partial charge in [0, 0.05) is 31.9 Å². The smallest absolute Gasteiger partial charge is 0.259 e. The van der Waals surface area contributed by atoms with E-state index in [1.54, 1.807) is 6.20 Å². The summed E-state index contributed by atoms with van der Waals surface area (Å²) in [4.78, 5) is 13.8. The molecule has 3 heterocycles. The van der Waals surface area contributed by atoms with Gasteiger partial charge in [-0.3, -0.25) is 4.90 Å². The Morgan fingerprint density at radius 1 is 1.14 bits per heavy atom. The number of piperazine rings is 1. The zero-order valence-corrected chi connectivity index (χ0v) is 16.3. The molecule has 0 aliphatic carbocycles. The fourth-order valence-corrected chi connectivity index (χ4v) is 3.39. The maximum absolute atomic E-state index is 5.66. The van der Waals surface area contributed by atoms with Crippen LogP contribution in [0.25, 0.3) is 11.5 Å². The number of ether oxygens (including phenoxy) is 1. The van der Waals surface area contributed by atoms with Crippen molar-refractivity contribution in [2.75, 3.05) is 31.6 Å². The Morgan fingerprint density at radius 2 is 2.00 bits per heavy atom. The Hall–Kier alpha value is -2.93. The van der Waals surface area contributed by atoms with Gasteiger partial charge in [0.15, 0.2) is 6.61 Å². The van der Waals surface area contributed by atoms with Crippen molar-refractivity contribution in [3.8, 4) is 17.2 Å². The molecule has 1 atom stereocenters. The molecule has 0 radical (unpaired) electrons. The fourth-order valence-electron chi connectivity index (χ4n) is 3.39. The Kier molecular flexibility index (Phi) is 5.53. The van der Waals surface area contributed by atoms with Crippen LogP contribution >= 0.6 is 0 Å². The molecule has 0 bridgehead atoms. The maximum atomic E-state index is 5.66. The van der Waals surface area contributed by atoms with Crippen LogP contribution in [-0.4, -0.2) is 52.7 Å². The third-order valence-corrected chi connectivity index (χ3v) is 5.15. The lowest BCUT2D eigenvalue weighted by Crippen LogP contribution is -2.51. The number of nitrogens with zero attached hydrogens (tertiary/aromatic N) is 5. The number of hydrogen-bond acceptors (Lipinski definition) is 7. The Bertz CT molecular complexity index is 881. The van der Waals surface area contributed by atoms with Crippen molar-refractivity contribution in [1.29, 1.82) is 0 Å². The topological polar surface area (TPSA) is 67.5 Å². The minimum absolute atomic E-state index is 0.263. The highest BCUT2D eigenvalue weighted by Gasteiger charge is 2.23. The highest BCUT2D eigenvalue weighted by molar-refractivity contribution is 5.54. The van der Waals surface area contributed by atoms with Gasteiger partial charge in [0.25, 0.3) is 5.89 Å². The molecule has 7 heteroatoms. The van der Waals surface area contributed by atoms with Crippen LogP contribution < -0.4 is 9.64 Å². The summed E-state index contributed by atoms with van der Waals surface area (Å²) in [5.41, 5.74) is 0.809. The molecule has 7 nitrogen and oxygen atoms in total. The molecule has 0 unspecified atom stereocenters. The van der Waals surface area contributed by atoms with E-state index < -0.39 is 0 Å². The van der Waals surface area contributed by atoms with E-state index in [2.05, 4.69) is 38.9 Å². The van der Waals surface area contributed by atoms with Crippen LogP contribution in [0.15, 0.2) is 53.2 Å². The Labute approximate surface area is 164 Å². The number of anilines is 1. The lowest BCUT2D eigenvalue weighted by molar-refractivity contribution is 0.213. The maximum Gasteiger partial charge on any atom is 0.259 e. The monoisotopic (exact) mass is 379 g/mol. The van der Waals surface area contributed by atoms with Crippen LogP contribution in [-0.2, 0) is 6.61 Å². The van der Waals surface area contributed by atoms with Crippen LogP contribution in [0.4, 0.5) is 5.82 Å². The summed E-state index contributed by atoms with van der Waals surface area (Å²) in [7, 11) is 2.19. The number of pyridine rings is 1. The first-order valence-electron chi connectivity index (χ1n) is 9.65. The fraction of sp³-hybridized carbons (Fsp3) is 0.381. The first kappa shape index (κ1) is 18.4. The van der Waals surface area contributed by atoms with Crippen molar-refractivity contribution in [3.05, 3.63) is 54.5 Å². The molecular weight excluding hydrogens is 354 g/mol. The van der Waals surface area contributed by atoms with Crippen molar-refractivity contribution in [2.24, 2.45) is 0 Å². The molecule has 1 aliphatic heterocycles. The molecule has 146 valence electrons. The predicted molar refractivity (Wildman–Crippen MR) is 107 cm³/mol. The highest BCUT2D eigenvalue weighted by Crippen LogP contribution is 2.22. The summed E-state index contributed by atoms with van der Waals surface area (Å²) in [5.74, 6) is 2.73. The van der Waals surface area contributed by atoms with Crippen LogP contribution in [0.5, 0.6) is 5.75 Å². The highest BCUT2D eigenvalue weighted by atomic mass is 16.5. The van der Waals surface area contributed by atoms with E-state index >= 15 is 0 Å². The van der Waals surface area contributed by atoms with Crippen molar-refractivity contribution >= 4 is 5.82 Å². The summed E-state index contributed by atoms with van der Waals surface area (Å²) in [6.07, 6.45) is 2.94. The first-order chi connectivity index (χ1) is 13.7. The van der Waals surface area contributed by atoms with Gasteiger partial charge < -0.3 is 14.2 Å².